The minimum absolute atomic E-state index is 0.171. The molecule has 0 spiro atoms. The fraction of sp³-hybridized carbons (Fsp3) is 0.444. The van der Waals surface area contributed by atoms with Crippen molar-refractivity contribution in [2.75, 3.05) is 0 Å². The molecule has 0 fully saturated rings. The van der Waals surface area contributed by atoms with E-state index in [1.807, 2.05) is 25.1 Å². The van der Waals surface area contributed by atoms with E-state index in [0.29, 0.717) is 0 Å². The molecule has 0 aliphatic heterocycles. The molecule has 1 aromatic rings. The largest absolute Gasteiger partial charge is 0.271 e. The average molecular weight is 165 g/mol. The van der Waals surface area contributed by atoms with Gasteiger partial charge in [0.05, 0.1) is 11.7 Å². The van der Waals surface area contributed by atoms with Gasteiger partial charge in [0.25, 0.3) is 0 Å². The zero-order valence-corrected chi connectivity index (χ0v) is 7.54. The standard InChI is InChI=1S/C9H15N3/c1-3-8(12-10)9-6-4-5-7(2)11-9/h4-6,8,12H,3,10H2,1-2H3. The van der Waals surface area contributed by atoms with Gasteiger partial charge in [0, 0.05) is 5.69 Å². The van der Waals surface area contributed by atoms with Crippen LogP contribution in [0, 0.1) is 6.92 Å². The van der Waals surface area contributed by atoms with Crippen molar-refractivity contribution in [3.63, 3.8) is 0 Å². The predicted molar refractivity (Wildman–Crippen MR) is 49.3 cm³/mol. The Hall–Kier alpha value is -0.930. The molecule has 1 heterocycles. The maximum atomic E-state index is 5.38. The van der Waals surface area contributed by atoms with Crippen molar-refractivity contribution in [3.05, 3.63) is 29.6 Å². The van der Waals surface area contributed by atoms with Gasteiger partial charge in [-0.1, -0.05) is 13.0 Å². The lowest BCUT2D eigenvalue weighted by Gasteiger charge is -2.12. The minimum Gasteiger partial charge on any atom is -0.271 e. The van der Waals surface area contributed by atoms with E-state index in [0.717, 1.165) is 17.8 Å². The number of aryl methyl sites for hydroxylation is 1. The van der Waals surface area contributed by atoms with Crippen LogP contribution in [0.25, 0.3) is 0 Å². The van der Waals surface area contributed by atoms with Crippen molar-refractivity contribution >= 4 is 0 Å². The van der Waals surface area contributed by atoms with Crippen LogP contribution in [0.2, 0.25) is 0 Å². The summed E-state index contributed by atoms with van der Waals surface area (Å²) in [6.07, 6.45) is 0.951. The third kappa shape index (κ3) is 2.03. The molecule has 66 valence electrons. The van der Waals surface area contributed by atoms with Crippen molar-refractivity contribution in [1.29, 1.82) is 0 Å². The van der Waals surface area contributed by atoms with Gasteiger partial charge in [-0.2, -0.15) is 0 Å². The van der Waals surface area contributed by atoms with Crippen LogP contribution in [-0.2, 0) is 0 Å². The van der Waals surface area contributed by atoms with Crippen LogP contribution in [0.3, 0.4) is 0 Å². The molecule has 12 heavy (non-hydrogen) atoms. The molecule has 3 nitrogen and oxygen atoms in total. The Labute approximate surface area is 73.0 Å². The van der Waals surface area contributed by atoms with E-state index in [-0.39, 0.29) is 6.04 Å². The van der Waals surface area contributed by atoms with Crippen molar-refractivity contribution in [2.45, 2.75) is 26.3 Å². The molecule has 0 saturated carbocycles. The van der Waals surface area contributed by atoms with E-state index in [2.05, 4.69) is 17.3 Å². The Balaban J connectivity index is 2.85. The number of hydrogen-bond acceptors (Lipinski definition) is 3. The second-order valence-electron chi connectivity index (χ2n) is 2.83. The van der Waals surface area contributed by atoms with Gasteiger partial charge >= 0.3 is 0 Å². The molecule has 3 heteroatoms. The van der Waals surface area contributed by atoms with Crippen molar-refractivity contribution in [2.24, 2.45) is 5.84 Å². The number of nitrogens with one attached hydrogen (secondary N) is 1. The number of pyridine rings is 1. The maximum Gasteiger partial charge on any atom is 0.0629 e. The summed E-state index contributed by atoms with van der Waals surface area (Å²) in [5.41, 5.74) is 4.78. The second-order valence-corrected chi connectivity index (χ2v) is 2.83. The van der Waals surface area contributed by atoms with Crippen LogP contribution >= 0.6 is 0 Å². The molecule has 0 bridgehead atoms. The summed E-state index contributed by atoms with van der Waals surface area (Å²) in [5, 5.41) is 0. The topological polar surface area (TPSA) is 50.9 Å². The molecular formula is C9H15N3. The highest BCUT2D eigenvalue weighted by Gasteiger charge is 2.06. The summed E-state index contributed by atoms with van der Waals surface area (Å²) in [7, 11) is 0. The molecule has 0 aliphatic carbocycles. The summed E-state index contributed by atoms with van der Waals surface area (Å²) in [6, 6.07) is 6.13. The number of nitrogens with zero attached hydrogens (tertiary/aromatic N) is 1. The molecule has 1 atom stereocenters. The van der Waals surface area contributed by atoms with Crippen LogP contribution in [0.4, 0.5) is 0 Å². The van der Waals surface area contributed by atoms with Gasteiger partial charge in [0.15, 0.2) is 0 Å². The van der Waals surface area contributed by atoms with Crippen LogP contribution in [-0.4, -0.2) is 4.98 Å². The first-order valence-electron chi connectivity index (χ1n) is 4.17. The summed E-state index contributed by atoms with van der Waals surface area (Å²) in [6.45, 7) is 4.06. The monoisotopic (exact) mass is 165 g/mol. The van der Waals surface area contributed by atoms with E-state index in [4.69, 9.17) is 5.84 Å². The molecule has 1 aromatic heterocycles. The Morgan fingerprint density at radius 2 is 2.33 bits per heavy atom. The first-order valence-corrected chi connectivity index (χ1v) is 4.17. The SMILES string of the molecule is CCC(NN)c1cccc(C)n1. The van der Waals surface area contributed by atoms with Gasteiger partial charge in [0.1, 0.15) is 0 Å². The van der Waals surface area contributed by atoms with Gasteiger partial charge in [-0.3, -0.25) is 16.3 Å². The highest BCUT2D eigenvalue weighted by molar-refractivity contribution is 5.12. The molecule has 0 saturated heterocycles. The molecule has 0 radical (unpaired) electrons. The summed E-state index contributed by atoms with van der Waals surface area (Å²) in [4.78, 5) is 4.37. The first-order chi connectivity index (χ1) is 5.77. The number of aromatic nitrogens is 1. The Morgan fingerprint density at radius 3 is 2.83 bits per heavy atom. The highest BCUT2D eigenvalue weighted by atomic mass is 15.2. The zero-order chi connectivity index (χ0) is 8.97. The third-order valence-corrected chi connectivity index (χ3v) is 1.88. The smallest absolute Gasteiger partial charge is 0.0629 e. The van der Waals surface area contributed by atoms with E-state index in [1.165, 1.54) is 0 Å². The number of rotatable bonds is 3. The number of nitrogens with two attached hydrogens (primary N) is 1. The van der Waals surface area contributed by atoms with E-state index in [9.17, 15) is 0 Å². The lowest BCUT2D eigenvalue weighted by Crippen LogP contribution is -2.28. The summed E-state index contributed by atoms with van der Waals surface area (Å²) in [5.74, 6) is 5.38. The molecular weight excluding hydrogens is 150 g/mol. The third-order valence-electron chi connectivity index (χ3n) is 1.88. The number of hydrazine groups is 1. The first kappa shape index (κ1) is 9.16. The normalized spacial score (nSPS) is 12.9. The minimum atomic E-state index is 0.171. The quantitative estimate of drug-likeness (QED) is 0.524. The fourth-order valence-corrected chi connectivity index (χ4v) is 1.17. The van der Waals surface area contributed by atoms with Crippen LogP contribution < -0.4 is 11.3 Å². The van der Waals surface area contributed by atoms with Crippen LogP contribution in [0.1, 0.15) is 30.8 Å². The van der Waals surface area contributed by atoms with Gasteiger partial charge in [-0.05, 0) is 25.5 Å². The van der Waals surface area contributed by atoms with Gasteiger partial charge in [0.2, 0.25) is 0 Å². The molecule has 1 rings (SSSR count). The van der Waals surface area contributed by atoms with Gasteiger partial charge in [-0.25, -0.2) is 0 Å². The lowest BCUT2D eigenvalue weighted by atomic mass is 10.1. The molecule has 0 aromatic carbocycles. The van der Waals surface area contributed by atoms with E-state index >= 15 is 0 Å². The molecule has 3 N–H and O–H groups in total. The molecule has 0 amide bonds. The number of hydrogen-bond donors (Lipinski definition) is 2. The fourth-order valence-electron chi connectivity index (χ4n) is 1.17. The zero-order valence-electron chi connectivity index (χ0n) is 7.54. The van der Waals surface area contributed by atoms with E-state index in [1.54, 1.807) is 0 Å². The summed E-state index contributed by atoms with van der Waals surface area (Å²) >= 11 is 0. The molecule has 0 aliphatic rings. The van der Waals surface area contributed by atoms with Crippen LogP contribution in [0.15, 0.2) is 18.2 Å². The van der Waals surface area contributed by atoms with Crippen molar-refractivity contribution in [1.82, 2.24) is 10.4 Å². The van der Waals surface area contributed by atoms with E-state index < -0.39 is 0 Å². The Morgan fingerprint density at radius 1 is 1.58 bits per heavy atom. The van der Waals surface area contributed by atoms with Crippen molar-refractivity contribution in [3.8, 4) is 0 Å². The van der Waals surface area contributed by atoms with Crippen molar-refractivity contribution < 1.29 is 0 Å². The Kier molecular flexibility index (Phi) is 3.19. The maximum absolute atomic E-state index is 5.38. The molecule has 1 unspecified atom stereocenters. The highest BCUT2D eigenvalue weighted by Crippen LogP contribution is 2.12. The van der Waals surface area contributed by atoms with Gasteiger partial charge < -0.3 is 0 Å². The van der Waals surface area contributed by atoms with Gasteiger partial charge in [-0.15, -0.1) is 0 Å². The summed E-state index contributed by atoms with van der Waals surface area (Å²) < 4.78 is 0. The average Bonchev–Trinajstić information content (AvgIpc) is 2.07. The predicted octanol–water partition coefficient (Wildman–Crippen LogP) is 1.30. The van der Waals surface area contributed by atoms with Crippen LogP contribution in [0.5, 0.6) is 0 Å². The Bertz CT molecular complexity index is 243. The lowest BCUT2D eigenvalue weighted by molar-refractivity contribution is 0.525. The second kappa shape index (κ2) is 4.18.